The van der Waals surface area contributed by atoms with Crippen molar-refractivity contribution in [3.63, 3.8) is 0 Å². The molecule has 0 radical (unpaired) electrons. The Kier molecular flexibility index (Phi) is 8.19. The Morgan fingerprint density at radius 2 is 1.82 bits per heavy atom. The number of halogens is 1. The van der Waals surface area contributed by atoms with Crippen molar-refractivity contribution in [2.24, 2.45) is 0 Å². The third-order valence-electron chi connectivity index (χ3n) is 4.68. The smallest absolute Gasteiger partial charge is 0.339 e. The van der Waals surface area contributed by atoms with Crippen molar-refractivity contribution in [3.8, 4) is 11.8 Å². The summed E-state index contributed by atoms with van der Waals surface area (Å²) in [4.78, 5) is 14.2. The molecule has 176 valence electrons. The number of methoxy groups -OCH3 is 1. The maximum Gasteiger partial charge on any atom is 0.339 e. The lowest BCUT2D eigenvalue weighted by molar-refractivity contribution is 0.153. The fraction of sp³-hybridized carbons (Fsp3) is 0.167. The van der Waals surface area contributed by atoms with Gasteiger partial charge in [-0.25, -0.2) is 9.18 Å². The van der Waals surface area contributed by atoms with Crippen LogP contribution < -0.4 is 9.50 Å². The Morgan fingerprint density at radius 1 is 1.09 bits per heavy atom. The summed E-state index contributed by atoms with van der Waals surface area (Å²) in [5, 5.41) is 11.8. The van der Waals surface area contributed by atoms with Gasteiger partial charge in [-0.3, -0.25) is 0 Å². The number of anilines is 1. The largest absolute Gasteiger partial charge is 0.383 e. The zero-order chi connectivity index (χ0) is 24.6. The average molecular weight is 484 g/mol. The van der Waals surface area contributed by atoms with Crippen molar-refractivity contribution in [1.82, 2.24) is 4.90 Å². The van der Waals surface area contributed by atoms with Crippen LogP contribution in [0.2, 0.25) is 0 Å². The maximum atomic E-state index is 13.1. The molecule has 0 bridgehead atoms. The second-order valence-electron chi connectivity index (χ2n) is 7.18. The molecule has 0 saturated heterocycles. The summed E-state index contributed by atoms with van der Waals surface area (Å²) in [6.45, 7) is 0.682. The fourth-order valence-corrected chi connectivity index (χ4v) is 3.94. The standard InChI is InChI=1S/C24H22FN3O5S/c1-32-13-12-28(24(29)27-21-6-2-4-18(14-21)16-26)17-19-5-3-7-22(15-19)33-34(30,31)23-10-8-20(25)9-11-23/h2-11,14-15H,12-13,17H2,1H3,(H,27,29). The zero-order valence-corrected chi connectivity index (χ0v) is 19.1. The van der Waals surface area contributed by atoms with Gasteiger partial charge in [-0.05, 0) is 60.2 Å². The van der Waals surface area contributed by atoms with Crippen molar-refractivity contribution in [3.05, 3.63) is 89.7 Å². The first-order valence-corrected chi connectivity index (χ1v) is 11.6. The number of nitrogens with zero attached hydrogens (tertiary/aromatic N) is 2. The van der Waals surface area contributed by atoms with Gasteiger partial charge in [-0.1, -0.05) is 18.2 Å². The van der Waals surface area contributed by atoms with E-state index in [2.05, 4.69) is 5.32 Å². The van der Waals surface area contributed by atoms with E-state index in [1.807, 2.05) is 6.07 Å². The van der Waals surface area contributed by atoms with Crippen molar-refractivity contribution in [1.29, 1.82) is 5.26 Å². The molecule has 3 aromatic rings. The van der Waals surface area contributed by atoms with Gasteiger partial charge in [0.05, 0.1) is 18.2 Å². The Bertz CT molecular complexity index is 1290. The molecule has 0 saturated carbocycles. The van der Waals surface area contributed by atoms with Gasteiger partial charge in [0.25, 0.3) is 0 Å². The van der Waals surface area contributed by atoms with E-state index in [1.165, 1.54) is 24.1 Å². The molecule has 0 heterocycles. The third kappa shape index (κ3) is 6.78. The number of carbonyl (C=O) groups is 1. The molecule has 10 heteroatoms. The summed E-state index contributed by atoms with van der Waals surface area (Å²) < 4.78 is 48.4. The molecular formula is C24H22FN3O5S. The number of urea groups is 1. The predicted octanol–water partition coefficient (Wildman–Crippen LogP) is 4.15. The van der Waals surface area contributed by atoms with Crippen LogP contribution in [0, 0.1) is 17.1 Å². The van der Waals surface area contributed by atoms with Crippen molar-refractivity contribution < 1.29 is 26.5 Å². The minimum atomic E-state index is -4.16. The molecule has 0 aliphatic carbocycles. The number of ether oxygens (including phenoxy) is 1. The summed E-state index contributed by atoms with van der Waals surface area (Å²) in [5.74, 6) is -0.509. The molecule has 3 rings (SSSR count). The summed E-state index contributed by atoms with van der Waals surface area (Å²) in [6, 6.07) is 18.7. The Morgan fingerprint density at radius 3 is 2.53 bits per heavy atom. The molecule has 0 aliphatic rings. The van der Waals surface area contributed by atoms with Crippen molar-refractivity contribution in [2.75, 3.05) is 25.6 Å². The molecule has 0 aliphatic heterocycles. The highest BCUT2D eigenvalue weighted by Gasteiger charge is 2.18. The fourth-order valence-electron chi connectivity index (χ4n) is 3.02. The van der Waals surface area contributed by atoms with E-state index >= 15 is 0 Å². The third-order valence-corrected chi connectivity index (χ3v) is 5.94. The van der Waals surface area contributed by atoms with Gasteiger partial charge in [0.15, 0.2) is 0 Å². The van der Waals surface area contributed by atoms with Crippen LogP contribution in [-0.2, 0) is 21.4 Å². The quantitative estimate of drug-likeness (QED) is 0.458. The molecule has 2 amide bonds. The number of nitrogens with one attached hydrogen (secondary N) is 1. The molecule has 1 N–H and O–H groups in total. The van der Waals surface area contributed by atoms with Crippen LogP contribution in [0.3, 0.4) is 0 Å². The molecule has 3 aromatic carbocycles. The van der Waals surface area contributed by atoms with Gasteiger partial charge in [0.2, 0.25) is 0 Å². The lowest BCUT2D eigenvalue weighted by Crippen LogP contribution is -2.36. The SMILES string of the molecule is COCCN(Cc1cccc(OS(=O)(=O)c2ccc(F)cc2)c1)C(=O)Nc1cccc(C#N)c1. The second-order valence-corrected chi connectivity index (χ2v) is 8.72. The van der Waals surface area contributed by atoms with Gasteiger partial charge in [-0.15, -0.1) is 0 Å². The topological polar surface area (TPSA) is 109 Å². The highest BCUT2D eigenvalue weighted by Crippen LogP contribution is 2.21. The number of rotatable bonds is 9. The van der Waals surface area contributed by atoms with Crippen LogP contribution in [0.5, 0.6) is 5.75 Å². The van der Waals surface area contributed by atoms with Crippen LogP contribution in [-0.4, -0.2) is 39.6 Å². The van der Waals surface area contributed by atoms with E-state index in [1.54, 1.807) is 36.4 Å². The lowest BCUT2D eigenvalue weighted by atomic mass is 10.2. The number of hydrogen-bond donors (Lipinski definition) is 1. The van der Waals surface area contributed by atoms with Crippen LogP contribution in [0.1, 0.15) is 11.1 Å². The second kappa shape index (κ2) is 11.3. The number of carbonyl (C=O) groups excluding carboxylic acids is 1. The van der Waals surface area contributed by atoms with E-state index in [0.717, 1.165) is 24.3 Å². The van der Waals surface area contributed by atoms with Crippen LogP contribution in [0.25, 0.3) is 0 Å². The van der Waals surface area contributed by atoms with Crippen LogP contribution in [0.15, 0.2) is 77.7 Å². The van der Waals surface area contributed by atoms with Crippen LogP contribution in [0.4, 0.5) is 14.9 Å². The molecular weight excluding hydrogens is 461 g/mol. The predicted molar refractivity (Wildman–Crippen MR) is 123 cm³/mol. The highest BCUT2D eigenvalue weighted by atomic mass is 32.2. The van der Waals surface area contributed by atoms with E-state index in [9.17, 15) is 17.6 Å². The number of amides is 2. The summed E-state index contributed by atoms with van der Waals surface area (Å²) in [7, 11) is -2.64. The first-order chi connectivity index (χ1) is 16.3. The Balaban J connectivity index is 1.75. The number of hydrogen-bond acceptors (Lipinski definition) is 6. The lowest BCUT2D eigenvalue weighted by Gasteiger charge is -2.23. The minimum Gasteiger partial charge on any atom is -0.383 e. The van der Waals surface area contributed by atoms with E-state index in [-0.39, 0.29) is 30.3 Å². The Hall–Kier alpha value is -3.94. The average Bonchev–Trinajstić information content (AvgIpc) is 2.82. The molecule has 0 spiro atoms. The summed E-state index contributed by atoms with van der Waals surface area (Å²) in [6.07, 6.45) is 0. The van der Waals surface area contributed by atoms with Crippen molar-refractivity contribution in [2.45, 2.75) is 11.4 Å². The van der Waals surface area contributed by atoms with Gasteiger partial charge in [0, 0.05) is 25.9 Å². The normalized spacial score (nSPS) is 10.9. The monoisotopic (exact) mass is 483 g/mol. The number of nitriles is 1. The van der Waals surface area contributed by atoms with Crippen molar-refractivity contribution >= 4 is 21.8 Å². The summed E-state index contributed by atoms with van der Waals surface area (Å²) >= 11 is 0. The zero-order valence-electron chi connectivity index (χ0n) is 18.3. The minimum absolute atomic E-state index is 0.0515. The van der Waals surface area contributed by atoms with Crippen LogP contribution >= 0.6 is 0 Å². The van der Waals surface area contributed by atoms with Gasteiger partial charge in [0.1, 0.15) is 16.5 Å². The maximum absolute atomic E-state index is 13.1. The van der Waals surface area contributed by atoms with Gasteiger partial charge in [-0.2, -0.15) is 13.7 Å². The van der Waals surface area contributed by atoms with E-state index in [4.69, 9.17) is 14.2 Å². The first-order valence-electron chi connectivity index (χ1n) is 10.1. The summed E-state index contributed by atoms with van der Waals surface area (Å²) in [5.41, 5.74) is 1.49. The molecule has 0 fully saturated rings. The molecule has 0 aromatic heterocycles. The van der Waals surface area contributed by atoms with E-state index < -0.39 is 22.0 Å². The Labute approximate surface area is 197 Å². The molecule has 34 heavy (non-hydrogen) atoms. The van der Waals surface area contributed by atoms with E-state index in [0.29, 0.717) is 16.8 Å². The first kappa shape index (κ1) is 24.7. The molecule has 0 atom stereocenters. The number of benzene rings is 3. The highest BCUT2D eigenvalue weighted by molar-refractivity contribution is 7.87. The molecule has 0 unspecified atom stereocenters. The van der Waals surface area contributed by atoms with Gasteiger partial charge < -0.3 is 19.1 Å². The molecule has 8 nitrogen and oxygen atoms in total. The van der Waals surface area contributed by atoms with Gasteiger partial charge >= 0.3 is 16.1 Å².